The lowest BCUT2D eigenvalue weighted by Gasteiger charge is -2.37. The molecule has 1 amide bonds. The Balaban J connectivity index is 1.66. The Kier molecular flexibility index (Phi) is 4.41. The van der Waals surface area contributed by atoms with Gasteiger partial charge in [0.05, 0.1) is 5.25 Å². The molecule has 1 unspecified atom stereocenters. The number of hydrogen-bond donors (Lipinski definition) is 1. The molecule has 1 N–H and O–H groups in total. The van der Waals surface area contributed by atoms with Crippen molar-refractivity contribution in [2.45, 2.75) is 54.2 Å². The monoisotopic (exact) mass is 353 g/mol. The van der Waals surface area contributed by atoms with Gasteiger partial charge in [-0.2, -0.15) is 0 Å². The molecule has 1 fully saturated rings. The summed E-state index contributed by atoms with van der Waals surface area (Å²) in [7, 11) is 0. The number of nitrogens with one attached hydrogen (secondary N) is 1. The zero-order chi connectivity index (χ0) is 14.0. The molecule has 1 aliphatic heterocycles. The summed E-state index contributed by atoms with van der Waals surface area (Å²) in [5.41, 5.74) is 1.30. The molecule has 1 aromatic rings. The fourth-order valence-corrected chi connectivity index (χ4v) is 5.09. The molecule has 2 aliphatic rings. The van der Waals surface area contributed by atoms with Crippen LogP contribution in [0.1, 0.15) is 37.7 Å². The van der Waals surface area contributed by atoms with Gasteiger partial charge in [0.25, 0.3) is 0 Å². The SMILES string of the molecule is O=C(NC1(CBr)CCCCC1)C1Cc2ccccc2S1. The van der Waals surface area contributed by atoms with Gasteiger partial charge >= 0.3 is 0 Å². The van der Waals surface area contributed by atoms with Gasteiger partial charge in [0, 0.05) is 15.8 Å². The second kappa shape index (κ2) is 6.10. The van der Waals surface area contributed by atoms with Crippen molar-refractivity contribution < 1.29 is 4.79 Å². The second-order valence-electron chi connectivity index (χ2n) is 5.88. The van der Waals surface area contributed by atoms with Gasteiger partial charge in [-0.25, -0.2) is 0 Å². The van der Waals surface area contributed by atoms with Crippen LogP contribution in [0.5, 0.6) is 0 Å². The van der Waals surface area contributed by atoms with Crippen LogP contribution in [0.15, 0.2) is 29.2 Å². The summed E-state index contributed by atoms with van der Waals surface area (Å²) in [5.74, 6) is 0.215. The smallest absolute Gasteiger partial charge is 0.234 e. The highest BCUT2D eigenvalue weighted by Gasteiger charge is 2.36. The summed E-state index contributed by atoms with van der Waals surface area (Å²) in [6, 6.07) is 8.36. The van der Waals surface area contributed by atoms with Crippen LogP contribution in [0, 0.1) is 0 Å². The maximum absolute atomic E-state index is 12.6. The van der Waals surface area contributed by atoms with Crippen LogP contribution in [0.4, 0.5) is 0 Å². The van der Waals surface area contributed by atoms with E-state index < -0.39 is 0 Å². The van der Waals surface area contributed by atoms with Gasteiger partial charge in [-0.15, -0.1) is 11.8 Å². The van der Waals surface area contributed by atoms with E-state index in [4.69, 9.17) is 0 Å². The standard InChI is InChI=1S/C16H20BrNOS/c17-11-16(8-4-1-5-9-16)18-15(19)14-10-12-6-2-3-7-13(12)20-14/h2-3,6-7,14H,1,4-5,8-11H2,(H,18,19). The average molecular weight is 354 g/mol. The molecule has 1 aromatic carbocycles. The van der Waals surface area contributed by atoms with Crippen molar-refractivity contribution >= 4 is 33.6 Å². The summed E-state index contributed by atoms with van der Waals surface area (Å²) in [6.07, 6.45) is 6.83. The molecule has 20 heavy (non-hydrogen) atoms. The number of fused-ring (bicyclic) bond motifs is 1. The topological polar surface area (TPSA) is 29.1 Å². The average Bonchev–Trinajstić information content (AvgIpc) is 2.92. The van der Waals surface area contributed by atoms with Crippen LogP contribution < -0.4 is 5.32 Å². The van der Waals surface area contributed by atoms with Crippen molar-refractivity contribution in [1.82, 2.24) is 5.32 Å². The minimum atomic E-state index is -0.00926. The minimum Gasteiger partial charge on any atom is -0.349 e. The van der Waals surface area contributed by atoms with Crippen LogP contribution in [0.3, 0.4) is 0 Å². The molecule has 0 saturated heterocycles. The number of benzene rings is 1. The Hall–Kier alpha value is -0.480. The third-order valence-corrected chi connectivity index (χ3v) is 6.79. The molecule has 0 bridgehead atoms. The first-order chi connectivity index (χ1) is 9.72. The first kappa shape index (κ1) is 14.5. The van der Waals surface area contributed by atoms with Crippen molar-refractivity contribution in [2.75, 3.05) is 5.33 Å². The number of carbonyl (C=O) groups excluding carboxylic acids is 1. The predicted octanol–water partition coefficient (Wildman–Crippen LogP) is 3.92. The van der Waals surface area contributed by atoms with Gasteiger partial charge in [0.2, 0.25) is 5.91 Å². The molecule has 3 rings (SSSR count). The van der Waals surface area contributed by atoms with Crippen LogP contribution in [0.2, 0.25) is 0 Å². The number of carbonyl (C=O) groups is 1. The summed E-state index contributed by atoms with van der Waals surface area (Å²) in [5, 5.41) is 4.27. The molecule has 0 aromatic heterocycles. The van der Waals surface area contributed by atoms with Crippen LogP contribution in [0.25, 0.3) is 0 Å². The van der Waals surface area contributed by atoms with E-state index in [1.807, 2.05) is 6.07 Å². The Labute approximate surface area is 133 Å². The Morgan fingerprint density at radius 2 is 2.05 bits per heavy atom. The van der Waals surface area contributed by atoms with Crippen LogP contribution >= 0.6 is 27.7 Å². The van der Waals surface area contributed by atoms with Crippen LogP contribution in [-0.2, 0) is 11.2 Å². The summed E-state index contributed by atoms with van der Waals surface area (Å²) >= 11 is 5.33. The number of rotatable bonds is 3. The fourth-order valence-electron chi connectivity index (χ4n) is 3.19. The van der Waals surface area contributed by atoms with E-state index in [1.165, 1.54) is 29.7 Å². The first-order valence-corrected chi connectivity index (χ1v) is 9.35. The molecule has 0 spiro atoms. The van der Waals surface area contributed by atoms with E-state index in [-0.39, 0.29) is 16.7 Å². The molecule has 0 radical (unpaired) electrons. The number of amides is 1. The third kappa shape index (κ3) is 2.91. The molecule has 1 saturated carbocycles. The van der Waals surface area contributed by atoms with E-state index in [2.05, 4.69) is 39.4 Å². The second-order valence-corrected chi connectivity index (χ2v) is 7.69. The van der Waals surface area contributed by atoms with Crippen molar-refractivity contribution in [1.29, 1.82) is 0 Å². The zero-order valence-electron chi connectivity index (χ0n) is 11.5. The lowest BCUT2D eigenvalue weighted by atomic mass is 9.83. The predicted molar refractivity (Wildman–Crippen MR) is 87.5 cm³/mol. The van der Waals surface area contributed by atoms with Crippen molar-refractivity contribution in [3.8, 4) is 0 Å². The van der Waals surface area contributed by atoms with E-state index >= 15 is 0 Å². The molecular weight excluding hydrogens is 334 g/mol. The Morgan fingerprint density at radius 3 is 2.75 bits per heavy atom. The number of alkyl halides is 1. The quantitative estimate of drug-likeness (QED) is 0.834. The van der Waals surface area contributed by atoms with Crippen molar-refractivity contribution in [3.05, 3.63) is 29.8 Å². The normalized spacial score (nSPS) is 24.1. The summed E-state index contributed by atoms with van der Waals surface area (Å²) in [4.78, 5) is 13.9. The van der Waals surface area contributed by atoms with Crippen molar-refractivity contribution in [3.63, 3.8) is 0 Å². The lowest BCUT2D eigenvalue weighted by molar-refractivity contribution is -0.122. The highest BCUT2D eigenvalue weighted by Crippen LogP contribution is 2.38. The highest BCUT2D eigenvalue weighted by atomic mass is 79.9. The van der Waals surface area contributed by atoms with Crippen molar-refractivity contribution in [2.24, 2.45) is 0 Å². The number of hydrogen-bond acceptors (Lipinski definition) is 2. The van der Waals surface area contributed by atoms with Crippen LogP contribution in [-0.4, -0.2) is 22.0 Å². The Bertz CT molecular complexity index is 474. The molecule has 1 atom stereocenters. The fraction of sp³-hybridized carbons (Fsp3) is 0.562. The van der Waals surface area contributed by atoms with Gasteiger partial charge in [-0.05, 0) is 30.9 Å². The highest BCUT2D eigenvalue weighted by molar-refractivity contribution is 9.09. The molecular formula is C16H20BrNOS. The maximum atomic E-state index is 12.6. The molecule has 1 heterocycles. The maximum Gasteiger partial charge on any atom is 0.234 e. The Morgan fingerprint density at radius 1 is 1.30 bits per heavy atom. The minimum absolute atomic E-state index is 0.00926. The summed E-state index contributed by atoms with van der Waals surface area (Å²) < 4.78 is 0. The van der Waals surface area contributed by atoms with Gasteiger partial charge in [-0.1, -0.05) is 53.4 Å². The van der Waals surface area contributed by atoms with E-state index in [1.54, 1.807) is 11.8 Å². The molecule has 108 valence electrons. The van der Waals surface area contributed by atoms with E-state index in [0.29, 0.717) is 0 Å². The number of thioether (sulfide) groups is 1. The van der Waals surface area contributed by atoms with Gasteiger partial charge < -0.3 is 5.32 Å². The van der Waals surface area contributed by atoms with Gasteiger partial charge in [-0.3, -0.25) is 4.79 Å². The largest absolute Gasteiger partial charge is 0.349 e. The van der Waals surface area contributed by atoms with Gasteiger partial charge in [0.15, 0.2) is 0 Å². The van der Waals surface area contributed by atoms with E-state index in [9.17, 15) is 4.79 Å². The molecule has 2 nitrogen and oxygen atoms in total. The van der Waals surface area contributed by atoms with E-state index in [0.717, 1.165) is 24.6 Å². The summed E-state index contributed by atoms with van der Waals surface area (Å²) in [6.45, 7) is 0. The van der Waals surface area contributed by atoms with Gasteiger partial charge in [0.1, 0.15) is 0 Å². The zero-order valence-corrected chi connectivity index (χ0v) is 13.9. The molecule has 1 aliphatic carbocycles. The lowest BCUT2D eigenvalue weighted by Crippen LogP contribution is -2.53. The third-order valence-electron chi connectivity index (χ3n) is 4.39. The first-order valence-electron chi connectivity index (χ1n) is 7.35. The molecule has 4 heteroatoms. The number of halogens is 1.